The van der Waals surface area contributed by atoms with Crippen LogP contribution in [-0.4, -0.2) is 32.6 Å². The van der Waals surface area contributed by atoms with Gasteiger partial charge in [-0.1, -0.05) is 18.9 Å². The summed E-state index contributed by atoms with van der Waals surface area (Å²) in [5, 5.41) is 2.28. The minimum atomic E-state index is -3.50. The number of nitrogens with one attached hydrogen (secondary N) is 2. The number of sulfonamides is 1. The number of unbranched alkanes of at least 4 members (excludes halogenated alkanes) is 2. The predicted molar refractivity (Wildman–Crippen MR) is 110 cm³/mol. The lowest BCUT2D eigenvalue weighted by Crippen LogP contribution is -2.29. The molecule has 1 aromatic rings. The van der Waals surface area contributed by atoms with Gasteiger partial charge in [0, 0.05) is 18.4 Å². The molecule has 1 aromatic carbocycles. The topological polar surface area (TPSA) is 102 Å². The van der Waals surface area contributed by atoms with Gasteiger partial charge in [-0.3, -0.25) is 14.9 Å². The van der Waals surface area contributed by atoms with Crippen LogP contribution >= 0.6 is 0 Å². The highest BCUT2D eigenvalue weighted by molar-refractivity contribution is 7.89. The van der Waals surface area contributed by atoms with E-state index in [0.29, 0.717) is 43.8 Å². The fourth-order valence-corrected chi connectivity index (χ4v) is 4.86. The van der Waals surface area contributed by atoms with Gasteiger partial charge in [0.2, 0.25) is 21.8 Å². The molecule has 1 unspecified atom stereocenters. The molecule has 2 aliphatic rings. The summed E-state index contributed by atoms with van der Waals surface area (Å²) in [5.41, 5.74) is 0.641. The number of hydrogen-bond donors (Lipinski definition) is 2. The Morgan fingerprint density at radius 3 is 2.67 bits per heavy atom. The maximum Gasteiger partial charge on any atom is 0.230 e. The van der Waals surface area contributed by atoms with Crippen LogP contribution in [0.5, 0.6) is 5.75 Å². The van der Waals surface area contributed by atoms with Crippen LogP contribution in [0, 0.1) is 17.7 Å². The van der Waals surface area contributed by atoms with E-state index in [0.717, 1.165) is 12.8 Å². The number of ether oxygens (including phenoxy) is 1. The molecule has 2 fully saturated rings. The quantitative estimate of drug-likeness (QED) is 0.384. The van der Waals surface area contributed by atoms with Crippen molar-refractivity contribution in [1.82, 2.24) is 10.0 Å². The van der Waals surface area contributed by atoms with E-state index in [-0.39, 0.29) is 35.7 Å². The van der Waals surface area contributed by atoms with Crippen molar-refractivity contribution in [2.45, 2.75) is 57.9 Å². The summed E-state index contributed by atoms with van der Waals surface area (Å²) >= 11 is 0. The summed E-state index contributed by atoms with van der Waals surface area (Å²) in [6, 6.07) is 3.90. The molecule has 2 atom stereocenters. The van der Waals surface area contributed by atoms with Crippen molar-refractivity contribution in [3.8, 4) is 5.75 Å². The van der Waals surface area contributed by atoms with Gasteiger partial charge >= 0.3 is 0 Å². The molecule has 7 nitrogen and oxygen atoms in total. The Morgan fingerprint density at radius 1 is 1.23 bits per heavy atom. The van der Waals surface area contributed by atoms with Crippen molar-refractivity contribution >= 4 is 21.8 Å². The summed E-state index contributed by atoms with van der Waals surface area (Å²) in [6.07, 6.45) is 4.82. The fraction of sp³-hybridized carbons (Fsp3) is 0.619. The molecule has 1 saturated carbocycles. The van der Waals surface area contributed by atoms with E-state index in [9.17, 15) is 22.4 Å². The molecule has 9 heteroatoms. The molecule has 0 spiro atoms. The van der Waals surface area contributed by atoms with Gasteiger partial charge in [-0.2, -0.15) is 0 Å². The molecule has 0 radical (unpaired) electrons. The first-order chi connectivity index (χ1) is 14.2. The third kappa shape index (κ3) is 6.77. The van der Waals surface area contributed by atoms with E-state index in [4.69, 9.17) is 4.74 Å². The number of carbonyl (C=O) groups excluding carboxylic acids is 2. The maximum atomic E-state index is 13.9. The lowest BCUT2D eigenvalue weighted by atomic mass is 10.00. The van der Waals surface area contributed by atoms with Crippen molar-refractivity contribution in [1.29, 1.82) is 0 Å². The first kappa shape index (κ1) is 22.7. The molecule has 2 amide bonds. The molecule has 1 aliphatic heterocycles. The number of halogens is 1. The fourth-order valence-electron chi connectivity index (χ4n) is 3.49. The van der Waals surface area contributed by atoms with E-state index >= 15 is 0 Å². The van der Waals surface area contributed by atoms with Crippen LogP contribution in [0.1, 0.15) is 63.5 Å². The van der Waals surface area contributed by atoms with Crippen LogP contribution in [0.15, 0.2) is 18.2 Å². The number of carbonyl (C=O) groups is 2. The van der Waals surface area contributed by atoms with Gasteiger partial charge < -0.3 is 4.74 Å². The Bertz CT molecular complexity index is 885. The van der Waals surface area contributed by atoms with Crippen LogP contribution in [0.3, 0.4) is 0 Å². The summed E-state index contributed by atoms with van der Waals surface area (Å²) < 4.78 is 46.8. The molecule has 166 valence electrons. The highest BCUT2D eigenvalue weighted by Crippen LogP contribution is 2.31. The normalized spacial score (nSPS) is 20.3. The molecule has 1 heterocycles. The van der Waals surface area contributed by atoms with Crippen LogP contribution in [-0.2, 0) is 19.6 Å². The van der Waals surface area contributed by atoms with Gasteiger partial charge in [0.15, 0.2) is 11.6 Å². The molecule has 1 aliphatic carbocycles. The minimum Gasteiger partial charge on any atom is -0.490 e. The van der Waals surface area contributed by atoms with Crippen LogP contribution in [0.25, 0.3) is 0 Å². The monoisotopic (exact) mass is 440 g/mol. The van der Waals surface area contributed by atoms with Gasteiger partial charge in [-0.15, -0.1) is 0 Å². The maximum absolute atomic E-state index is 13.9. The number of benzene rings is 1. The second-order valence-corrected chi connectivity index (χ2v) is 10.1. The Kier molecular flexibility index (Phi) is 7.46. The number of imide groups is 1. The third-order valence-corrected chi connectivity index (χ3v) is 7.05. The van der Waals surface area contributed by atoms with Crippen molar-refractivity contribution in [3.05, 3.63) is 29.6 Å². The summed E-state index contributed by atoms with van der Waals surface area (Å²) in [6.45, 7) is 2.20. The van der Waals surface area contributed by atoms with Crippen molar-refractivity contribution in [2.75, 3.05) is 12.4 Å². The third-order valence-electron chi connectivity index (χ3n) is 5.51. The molecule has 30 heavy (non-hydrogen) atoms. The van der Waals surface area contributed by atoms with Crippen LogP contribution in [0.4, 0.5) is 4.39 Å². The Balaban J connectivity index is 1.42. The molecule has 3 rings (SSSR count). The first-order valence-corrected chi connectivity index (χ1v) is 12.1. The standard InChI is InChI=1S/C21H29FN2O5S/c1-14(16-8-9-18(22)19(11-16)29-13-15-6-7-15)24-30(27,28)10-4-2-3-5-17-12-20(25)23-21(17)26/h8-9,11,14-15,17,24H,2-7,10,12-13H2,1H3,(H,23,25,26)/t14-,17?/m1/s1. The molecular weight excluding hydrogens is 411 g/mol. The Morgan fingerprint density at radius 2 is 2.00 bits per heavy atom. The second kappa shape index (κ2) is 9.87. The summed E-state index contributed by atoms with van der Waals surface area (Å²) in [5.74, 6) is -0.601. The van der Waals surface area contributed by atoms with Crippen molar-refractivity contribution in [2.24, 2.45) is 11.8 Å². The molecular formula is C21H29FN2O5S. The van der Waals surface area contributed by atoms with Gasteiger partial charge in [-0.05, 0) is 56.2 Å². The Labute approximate surface area is 176 Å². The van der Waals surface area contributed by atoms with Crippen LogP contribution < -0.4 is 14.8 Å². The van der Waals surface area contributed by atoms with Gasteiger partial charge in [0.25, 0.3) is 0 Å². The highest BCUT2D eigenvalue weighted by Gasteiger charge is 2.29. The summed E-state index contributed by atoms with van der Waals surface area (Å²) in [4.78, 5) is 22.7. The largest absolute Gasteiger partial charge is 0.490 e. The van der Waals surface area contributed by atoms with Crippen molar-refractivity contribution < 1.29 is 27.1 Å². The molecule has 0 aromatic heterocycles. The zero-order valence-electron chi connectivity index (χ0n) is 17.2. The van der Waals surface area contributed by atoms with Crippen molar-refractivity contribution in [3.63, 3.8) is 0 Å². The average Bonchev–Trinajstić information content (AvgIpc) is 3.44. The Hall–Kier alpha value is -2.00. The summed E-state index contributed by atoms with van der Waals surface area (Å²) in [7, 11) is -3.50. The second-order valence-electron chi connectivity index (χ2n) is 8.27. The van der Waals surface area contributed by atoms with Gasteiger partial charge in [0.1, 0.15) is 0 Å². The molecule has 0 bridgehead atoms. The SMILES string of the molecule is C[C@@H](NS(=O)(=O)CCCCCC1CC(=O)NC1=O)c1ccc(F)c(OCC2CC2)c1. The van der Waals surface area contributed by atoms with Gasteiger partial charge in [-0.25, -0.2) is 17.5 Å². The van der Waals surface area contributed by atoms with E-state index < -0.39 is 21.9 Å². The van der Waals surface area contributed by atoms with E-state index in [2.05, 4.69) is 10.0 Å². The number of hydrogen-bond acceptors (Lipinski definition) is 5. The number of amides is 2. The lowest BCUT2D eigenvalue weighted by molar-refractivity contribution is -0.125. The molecule has 2 N–H and O–H groups in total. The van der Waals surface area contributed by atoms with Crippen LogP contribution in [0.2, 0.25) is 0 Å². The smallest absolute Gasteiger partial charge is 0.230 e. The van der Waals surface area contributed by atoms with E-state index in [1.165, 1.54) is 6.07 Å². The van der Waals surface area contributed by atoms with E-state index in [1.807, 2.05) is 0 Å². The average molecular weight is 441 g/mol. The zero-order valence-corrected chi connectivity index (χ0v) is 18.0. The molecule has 1 saturated heterocycles. The predicted octanol–water partition coefficient (Wildman–Crippen LogP) is 2.82. The van der Waals surface area contributed by atoms with E-state index in [1.54, 1.807) is 19.1 Å². The first-order valence-electron chi connectivity index (χ1n) is 10.5. The van der Waals surface area contributed by atoms with Gasteiger partial charge in [0.05, 0.1) is 12.4 Å². The minimum absolute atomic E-state index is 0.0284. The highest BCUT2D eigenvalue weighted by atomic mass is 32.2. The lowest BCUT2D eigenvalue weighted by Gasteiger charge is -2.16. The zero-order chi connectivity index (χ0) is 21.7. The number of rotatable bonds is 12.